The van der Waals surface area contributed by atoms with Crippen LogP contribution in [-0.2, 0) is 0 Å². The number of hydrogen-bond acceptors (Lipinski definition) is 2. The van der Waals surface area contributed by atoms with Gasteiger partial charge in [-0.3, -0.25) is 4.98 Å². The molecule has 3 heteroatoms. The van der Waals surface area contributed by atoms with Gasteiger partial charge in [0.05, 0.1) is 0 Å². The lowest BCUT2D eigenvalue weighted by Crippen LogP contribution is -2.07. The van der Waals surface area contributed by atoms with E-state index in [2.05, 4.69) is 22.3 Å². The Morgan fingerprint density at radius 3 is 1.69 bits per heavy atom. The molecule has 1 heterocycles. The van der Waals surface area contributed by atoms with Crippen LogP contribution in [0.3, 0.4) is 0 Å². The standard InChI is InChI=1S/C7H10N2.3CH3.Al/c1-9(2)7-3-5-8-6-4-7;;;;/h3-6H,1-2H3;3*1H3;. The van der Waals surface area contributed by atoms with Crippen LogP contribution in [0.15, 0.2) is 24.5 Å². The first kappa shape index (κ1) is 12.5. The largest absolute Gasteiger partial charge is 0.378 e. The molecule has 0 bridgehead atoms. The van der Waals surface area contributed by atoms with E-state index in [4.69, 9.17) is 0 Å². The van der Waals surface area contributed by atoms with E-state index in [0.717, 1.165) is 0 Å². The molecule has 0 fully saturated rings. The molecule has 0 atom stereocenters. The van der Waals surface area contributed by atoms with Gasteiger partial charge in [-0.25, -0.2) is 0 Å². The van der Waals surface area contributed by atoms with Gasteiger partial charge in [0.1, 0.15) is 0 Å². The van der Waals surface area contributed by atoms with Gasteiger partial charge < -0.3 is 4.90 Å². The van der Waals surface area contributed by atoms with Crippen molar-refractivity contribution in [3.63, 3.8) is 0 Å². The van der Waals surface area contributed by atoms with E-state index in [-0.39, 0.29) is 14.1 Å². The molecule has 0 saturated carbocycles. The highest BCUT2D eigenvalue weighted by atomic mass is 27.2. The van der Waals surface area contributed by atoms with Crippen molar-refractivity contribution in [3.05, 3.63) is 24.5 Å². The van der Waals surface area contributed by atoms with E-state index in [1.54, 1.807) is 12.4 Å². The van der Waals surface area contributed by atoms with Crippen LogP contribution >= 0.6 is 0 Å². The maximum atomic E-state index is 3.90. The molecule has 0 saturated heterocycles. The van der Waals surface area contributed by atoms with E-state index in [1.165, 1.54) is 5.69 Å². The predicted octanol–water partition coefficient (Wildman–Crippen LogP) is 2.52. The summed E-state index contributed by atoms with van der Waals surface area (Å²) in [4.78, 5) is 5.94. The molecule has 0 unspecified atom stereocenters. The van der Waals surface area contributed by atoms with Crippen LogP contribution < -0.4 is 4.90 Å². The van der Waals surface area contributed by atoms with Crippen molar-refractivity contribution < 1.29 is 0 Å². The van der Waals surface area contributed by atoms with E-state index in [1.807, 2.05) is 31.1 Å². The Bertz CT molecular complexity index is 207. The molecule has 2 nitrogen and oxygen atoms in total. The Morgan fingerprint density at radius 1 is 1.08 bits per heavy atom. The van der Waals surface area contributed by atoms with E-state index < -0.39 is 0 Å². The highest BCUT2D eigenvalue weighted by Crippen LogP contribution is 2.05. The maximum Gasteiger partial charge on any atom is 0.251 e. The van der Waals surface area contributed by atoms with Crippen molar-refractivity contribution in [1.82, 2.24) is 4.98 Å². The summed E-state index contributed by atoms with van der Waals surface area (Å²) in [5, 5.41) is 0. The predicted molar refractivity (Wildman–Crippen MR) is 61.9 cm³/mol. The van der Waals surface area contributed by atoms with Crippen LogP contribution in [0.5, 0.6) is 0 Å². The Hall–Kier alpha value is -0.518. The monoisotopic (exact) mass is 194 g/mol. The molecule has 1 aromatic rings. The zero-order valence-corrected chi connectivity index (χ0v) is 10.4. The fourth-order valence-electron chi connectivity index (χ4n) is 0.642. The smallest absolute Gasteiger partial charge is 0.251 e. The molecule has 1 rings (SSSR count). The Labute approximate surface area is 86.0 Å². The van der Waals surface area contributed by atoms with Crippen LogP contribution in [0, 0.1) is 0 Å². The van der Waals surface area contributed by atoms with Gasteiger partial charge in [0, 0.05) is 32.2 Å². The number of hydrogen-bond donors (Lipinski definition) is 0. The first-order valence-electron chi connectivity index (χ1n) is 4.61. The average Bonchev–Trinajstić information content (AvgIpc) is 2.05. The first-order chi connectivity index (χ1) is 6.04. The first-order valence-corrected chi connectivity index (χ1v) is 8.07. The quantitative estimate of drug-likeness (QED) is 0.639. The number of rotatable bonds is 1. The summed E-state index contributed by atoms with van der Waals surface area (Å²) < 4.78 is 0. The van der Waals surface area contributed by atoms with Crippen molar-refractivity contribution in [2.45, 2.75) is 17.4 Å². The fourth-order valence-corrected chi connectivity index (χ4v) is 0.642. The summed E-state index contributed by atoms with van der Waals surface area (Å²) in [7, 11) is 4.02. The van der Waals surface area contributed by atoms with Crippen molar-refractivity contribution >= 4 is 19.8 Å². The molecular weight excluding hydrogens is 175 g/mol. The molecular formula is C10H19AlN2. The summed E-state index contributed by atoms with van der Waals surface area (Å²) in [5.41, 5.74) is 1.19. The second kappa shape index (κ2) is 6.94. The van der Waals surface area contributed by atoms with E-state index in [0.29, 0.717) is 0 Å². The topological polar surface area (TPSA) is 16.1 Å². The lowest BCUT2D eigenvalue weighted by molar-refractivity contribution is 1.12. The molecule has 0 aliphatic heterocycles. The fraction of sp³-hybridized carbons (Fsp3) is 0.500. The summed E-state index contributed by atoms with van der Waals surface area (Å²) in [5.74, 6) is 6.92. The zero-order chi connectivity index (χ0) is 10.3. The van der Waals surface area contributed by atoms with Gasteiger partial charge in [-0.15, -0.1) is 17.4 Å². The minimum atomic E-state index is -0.139. The second-order valence-electron chi connectivity index (χ2n) is 3.83. The van der Waals surface area contributed by atoms with Crippen LogP contribution in [0.2, 0.25) is 17.4 Å². The number of nitrogens with zero attached hydrogens (tertiary/aromatic N) is 2. The third-order valence-electron chi connectivity index (χ3n) is 1.18. The molecule has 0 aliphatic carbocycles. The molecule has 0 aliphatic rings. The van der Waals surface area contributed by atoms with Gasteiger partial charge in [-0.05, 0) is 12.1 Å². The van der Waals surface area contributed by atoms with Gasteiger partial charge >= 0.3 is 0 Å². The molecule has 0 spiro atoms. The molecule has 13 heavy (non-hydrogen) atoms. The SMILES string of the molecule is CN(C)c1ccncc1.[CH3][Al]([CH3])[CH3]. The van der Waals surface area contributed by atoms with Gasteiger partial charge in [0.15, 0.2) is 0 Å². The molecule has 0 radical (unpaired) electrons. The van der Waals surface area contributed by atoms with Crippen molar-refractivity contribution in [3.8, 4) is 0 Å². The van der Waals surface area contributed by atoms with E-state index in [9.17, 15) is 0 Å². The Kier molecular flexibility index (Phi) is 6.66. The molecule has 72 valence electrons. The van der Waals surface area contributed by atoms with Crippen molar-refractivity contribution in [2.75, 3.05) is 19.0 Å². The third-order valence-corrected chi connectivity index (χ3v) is 1.18. The molecule has 0 amide bonds. The van der Waals surface area contributed by atoms with Crippen LogP contribution in [0.4, 0.5) is 5.69 Å². The number of aromatic nitrogens is 1. The second-order valence-corrected chi connectivity index (χ2v) is 7.30. The Balaban J connectivity index is 0.000000310. The summed E-state index contributed by atoms with van der Waals surface area (Å²) in [6.45, 7) is 0. The molecule has 0 N–H and O–H groups in total. The van der Waals surface area contributed by atoms with Gasteiger partial charge in [0.25, 0.3) is 14.1 Å². The minimum absolute atomic E-state index is 0.139. The normalized spacial score (nSPS) is 8.38. The van der Waals surface area contributed by atoms with Gasteiger partial charge in [-0.1, -0.05) is 0 Å². The number of anilines is 1. The summed E-state index contributed by atoms with van der Waals surface area (Å²) in [6.07, 6.45) is 3.57. The zero-order valence-electron chi connectivity index (χ0n) is 9.28. The lowest BCUT2D eigenvalue weighted by Gasteiger charge is -2.10. The lowest BCUT2D eigenvalue weighted by atomic mass is 10.4. The van der Waals surface area contributed by atoms with Crippen LogP contribution in [0.25, 0.3) is 0 Å². The van der Waals surface area contributed by atoms with Crippen molar-refractivity contribution in [2.24, 2.45) is 0 Å². The average molecular weight is 194 g/mol. The molecule has 0 aromatic carbocycles. The maximum absolute atomic E-state index is 3.90. The minimum Gasteiger partial charge on any atom is -0.378 e. The van der Waals surface area contributed by atoms with Gasteiger partial charge in [0.2, 0.25) is 0 Å². The van der Waals surface area contributed by atoms with Crippen LogP contribution in [0.1, 0.15) is 0 Å². The Morgan fingerprint density at radius 2 is 1.46 bits per heavy atom. The van der Waals surface area contributed by atoms with Crippen molar-refractivity contribution in [1.29, 1.82) is 0 Å². The summed E-state index contributed by atoms with van der Waals surface area (Å²) >= 11 is -0.139. The molecule has 1 aromatic heterocycles. The van der Waals surface area contributed by atoms with Crippen LogP contribution in [-0.4, -0.2) is 33.2 Å². The number of pyridine rings is 1. The highest BCUT2D eigenvalue weighted by Gasteiger charge is 1.88. The summed E-state index contributed by atoms with van der Waals surface area (Å²) in [6, 6.07) is 3.94. The van der Waals surface area contributed by atoms with E-state index >= 15 is 0 Å². The third kappa shape index (κ3) is 7.83. The van der Waals surface area contributed by atoms with Gasteiger partial charge in [-0.2, -0.15) is 0 Å². The highest BCUT2D eigenvalue weighted by molar-refractivity contribution is 6.54.